The molecule has 13 nitrogen and oxygen atoms in total. The topological polar surface area (TPSA) is 252 Å². The van der Waals surface area contributed by atoms with Crippen molar-refractivity contribution >= 4 is 0 Å². The van der Waals surface area contributed by atoms with Crippen LogP contribution in [0.3, 0.4) is 0 Å². The Labute approximate surface area is 463 Å². The Balaban J connectivity index is 1.48. The van der Waals surface area contributed by atoms with Crippen molar-refractivity contribution in [1.82, 2.24) is 9.80 Å². The summed E-state index contributed by atoms with van der Waals surface area (Å²) in [5, 5.41) is 78.8. The van der Waals surface area contributed by atoms with Crippen molar-refractivity contribution in [3.8, 4) is 0 Å². The molecule has 0 aliphatic heterocycles. The van der Waals surface area contributed by atoms with Crippen molar-refractivity contribution < 1.29 is 35.7 Å². The molecule has 4 aliphatic carbocycles. The molecular weight excluding hydrogens is 953 g/mol. The fourth-order valence-electron chi connectivity index (χ4n) is 13.5. The number of hydrogen-bond acceptors (Lipinski definition) is 13. The highest BCUT2D eigenvalue weighted by atomic mass is 16.3. The van der Waals surface area contributed by atoms with Gasteiger partial charge in [-0.1, -0.05) is 102 Å². The van der Waals surface area contributed by atoms with E-state index < -0.39 is 18.3 Å². The second-order valence-electron chi connectivity index (χ2n) is 24.6. The van der Waals surface area contributed by atoms with E-state index in [1.54, 1.807) is 0 Å². The Bertz CT molecular complexity index is 1640. The molecule has 0 bridgehead atoms. The summed E-state index contributed by atoms with van der Waals surface area (Å²) in [6.45, 7) is 7.02. The quantitative estimate of drug-likeness (QED) is 0.0201. The van der Waals surface area contributed by atoms with Gasteiger partial charge in [-0.05, 0) is 194 Å². The SMILES string of the molecule is NCCCCCCCCC(O)CC(CCO)CN(CC1CC(O)=C(CCCCCCCN)C(O)C1)C1C=CC(CN(CC2CCC(CCCCCCCN)=C(O)C2)CC2CC(O)=C(CCCCCCCN)C(O)C2)CC1. The predicted octanol–water partition coefficient (Wildman–Crippen LogP) is 11.0. The number of nitrogens with zero attached hydrogens (tertiary/aromatic N) is 2. The van der Waals surface area contributed by atoms with Crippen LogP contribution < -0.4 is 22.9 Å². The van der Waals surface area contributed by atoms with E-state index in [9.17, 15) is 35.7 Å². The summed E-state index contributed by atoms with van der Waals surface area (Å²) in [6, 6.07) is 0.156. The summed E-state index contributed by atoms with van der Waals surface area (Å²) in [5.41, 5.74) is 25.7. The summed E-state index contributed by atoms with van der Waals surface area (Å²) in [5.74, 6) is 2.35. The zero-order valence-corrected chi connectivity index (χ0v) is 48.2. The highest BCUT2D eigenvalue weighted by Gasteiger charge is 2.35. The maximum Gasteiger partial charge on any atom is 0.0943 e. The van der Waals surface area contributed by atoms with E-state index >= 15 is 0 Å². The summed E-state index contributed by atoms with van der Waals surface area (Å²) in [4.78, 5) is 5.14. The van der Waals surface area contributed by atoms with Crippen molar-refractivity contribution in [1.29, 1.82) is 0 Å². The van der Waals surface area contributed by atoms with Crippen LogP contribution in [0.2, 0.25) is 0 Å². The van der Waals surface area contributed by atoms with Crippen LogP contribution in [0.5, 0.6) is 0 Å². The van der Waals surface area contributed by atoms with E-state index in [1.807, 2.05) is 0 Å². The van der Waals surface area contributed by atoms with Crippen molar-refractivity contribution in [2.24, 2.45) is 52.5 Å². The van der Waals surface area contributed by atoms with Crippen LogP contribution in [-0.4, -0.2) is 135 Å². The number of aliphatic hydroxyl groups is 7. The first-order chi connectivity index (χ1) is 37.0. The fourth-order valence-corrected chi connectivity index (χ4v) is 13.5. The lowest BCUT2D eigenvalue weighted by Gasteiger charge is -2.41. The van der Waals surface area contributed by atoms with Gasteiger partial charge in [0, 0.05) is 64.6 Å². The van der Waals surface area contributed by atoms with Crippen LogP contribution in [0.1, 0.15) is 231 Å². The molecule has 15 N–H and O–H groups in total. The number of rotatable bonds is 44. The number of hydrogen-bond donors (Lipinski definition) is 11. The molecule has 9 unspecified atom stereocenters. The van der Waals surface area contributed by atoms with E-state index in [0.29, 0.717) is 74.1 Å². The maximum absolute atomic E-state index is 11.5. The number of aliphatic hydroxyl groups excluding tert-OH is 7. The lowest BCUT2D eigenvalue weighted by atomic mass is 9.82. The van der Waals surface area contributed by atoms with Gasteiger partial charge in [0.2, 0.25) is 0 Å². The van der Waals surface area contributed by atoms with Gasteiger partial charge in [0.1, 0.15) is 0 Å². The fraction of sp³-hybridized carbons (Fsp3) is 0.873. The molecule has 0 aromatic rings. The Kier molecular flexibility index (Phi) is 35.1. The van der Waals surface area contributed by atoms with Crippen molar-refractivity contribution in [2.75, 3.05) is 65.5 Å². The third-order valence-electron chi connectivity index (χ3n) is 17.9. The largest absolute Gasteiger partial charge is 0.512 e. The molecular formula is C63H118N6O7. The van der Waals surface area contributed by atoms with E-state index in [1.165, 1.54) is 44.1 Å². The minimum atomic E-state index is -0.650. The lowest BCUT2D eigenvalue weighted by Crippen LogP contribution is -2.45. The molecule has 0 radical (unpaired) electrons. The molecule has 442 valence electrons. The van der Waals surface area contributed by atoms with E-state index in [0.717, 1.165) is 218 Å². The zero-order chi connectivity index (χ0) is 54.8. The molecule has 0 amide bonds. The minimum absolute atomic E-state index is 0.0695. The van der Waals surface area contributed by atoms with Gasteiger partial charge in [0.05, 0.1) is 35.6 Å². The average Bonchev–Trinajstić information content (AvgIpc) is 3.38. The van der Waals surface area contributed by atoms with E-state index in [2.05, 4.69) is 22.0 Å². The normalized spacial score (nSPS) is 24.4. The zero-order valence-electron chi connectivity index (χ0n) is 48.2. The molecule has 4 aliphatic rings. The molecule has 0 aromatic heterocycles. The van der Waals surface area contributed by atoms with Gasteiger partial charge in [-0.15, -0.1) is 0 Å². The molecule has 0 spiro atoms. The van der Waals surface area contributed by atoms with Crippen LogP contribution >= 0.6 is 0 Å². The second-order valence-corrected chi connectivity index (χ2v) is 24.6. The first-order valence-electron chi connectivity index (χ1n) is 31.8. The van der Waals surface area contributed by atoms with Gasteiger partial charge in [-0.3, -0.25) is 4.90 Å². The van der Waals surface area contributed by atoms with Gasteiger partial charge in [0.15, 0.2) is 0 Å². The van der Waals surface area contributed by atoms with Crippen LogP contribution in [0.25, 0.3) is 0 Å². The Morgan fingerprint density at radius 1 is 0.500 bits per heavy atom. The monoisotopic (exact) mass is 1070 g/mol. The first-order valence-corrected chi connectivity index (χ1v) is 31.8. The Morgan fingerprint density at radius 2 is 0.974 bits per heavy atom. The average molecular weight is 1070 g/mol. The summed E-state index contributed by atoms with van der Waals surface area (Å²) >= 11 is 0. The van der Waals surface area contributed by atoms with Gasteiger partial charge < -0.3 is 63.6 Å². The number of nitrogens with two attached hydrogens (primary N) is 4. The molecule has 0 fully saturated rings. The molecule has 9 atom stereocenters. The summed E-state index contributed by atoms with van der Waals surface area (Å²) in [6.07, 6.45) is 37.8. The van der Waals surface area contributed by atoms with Crippen molar-refractivity contribution in [3.63, 3.8) is 0 Å². The Hall–Kier alpha value is -2.04. The minimum Gasteiger partial charge on any atom is -0.512 e. The smallest absolute Gasteiger partial charge is 0.0943 e. The third kappa shape index (κ3) is 26.5. The van der Waals surface area contributed by atoms with Crippen LogP contribution in [0.15, 0.2) is 46.1 Å². The predicted molar refractivity (Wildman–Crippen MR) is 315 cm³/mol. The van der Waals surface area contributed by atoms with Crippen LogP contribution in [-0.2, 0) is 0 Å². The molecule has 0 saturated heterocycles. The highest BCUT2D eigenvalue weighted by molar-refractivity contribution is 5.19. The summed E-state index contributed by atoms with van der Waals surface area (Å²) in [7, 11) is 0. The number of unbranched alkanes of at least 4 members (excludes halogenated alkanes) is 17. The summed E-state index contributed by atoms with van der Waals surface area (Å²) < 4.78 is 0. The van der Waals surface area contributed by atoms with Gasteiger partial charge in [-0.25, -0.2) is 0 Å². The maximum atomic E-state index is 11.5. The van der Waals surface area contributed by atoms with Gasteiger partial charge >= 0.3 is 0 Å². The van der Waals surface area contributed by atoms with Gasteiger partial charge in [-0.2, -0.15) is 0 Å². The lowest BCUT2D eigenvalue weighted by molar-refractivity contribution is 0.0709. The van der Waals surface area contributed by atoms with Crippen LogP contribution in [0.4, 0.5) is 0 Å². The number of allylic oxidation sites excluding steroid dienone is 4. The van der Waals surface area contributed by atoms with Crippen molar-refractivity contribution in [3.05, 3.63) is 46.1 Å². The Morgan fingerprint density at radius 3 is 1.46 bits per heavy atom. The molecule has 0 heterocycles. The first kappa shape index (κ1) is 66.5. The molecule has 4 rings (SSSR count). The van der Waals surface area contributed by atoms with E-state index in [-0.39, 0.29) is 30.4 Å². The molecule has 76 heavy (non-hydrogen) atoms. The van der Waals surface area contributed by atoms with E-state index in [4.69, 9.17) is 22.9 Å². The third-order valence-corrected chi connectivity index (χ3v) is 17.9. The van der Waals surface area contributed by atoms with Crippen molar-refractivity contribution in [2.45, 2.75) is 256 Å². The molecule has 0 saturated carbocycles. The van der Waals surface area contributed by atoms with Gasteiger partial charge in [0.25, 0.3) is 0 Å². The second kappa shape index (κ2) is 40.2. The van der Waals surface area contributed by atoms with Crippen LogP contribution in [0, 0.1) is 29.6 Å². The standard InChI is InChI=1S/C63H118N6O7/c64-33-18-10-2-1-7-15-23-56(71)38-51(32-37-70)47-69(48-53-42-62(75)58(63(76)43-53)25-17-9-5-13-21-36-67)55-30-27-49(28-31-55)44-68(45-50-26-29-54(59(72)39-50)22-14-6-3-11-19-34-65)46-52-40-60(73)57(61(74)41-52)24-16-8-4-12-20-35-66/h27,30,49-53,55-56,60,62,70-76H,1-26,28-29,31-48,64-67H2. The molecule has 0 aromatic carbocycles. The highest BCUT2D eigenvalue weighted by Crippen LogP contribution is 2.38. The molecule has 13 heteroatoms.